The van der Waals surface area contributed by atoms with E-state index in [-0.39, 0.29) is 17.9 Å². The van der Waals surface area contributed by atoms with Gasteiger partial charge >= 0.3 is 6.03 Å². The van der Waals surface area contributed by atoms with E-state index in [2.05, 4.69) is 5.32 Å². The summed E-state index contributed by atoms with van der Waals surface area (Å²) in [5, 5.41) is 13.4. The quantitative estimate of drug-likeness (QED) is 0.285. The van der Waals surface area contributed by atoms with Gasteiger partial charge in [0.1, 0.15) is 11.4 Å². The van der Waals surface area contributed by atoms with Gasteiger partial charge in [0.25, 0.3) is 11.6 Å². The Hall–Kier alpha value is -4.40. The molecule has 2 aromatic carbocycles. The highest BCUT2D eigenvalue weighted by atomic mass is 16.6. The molecule has 9 heteroatoms. The molecule has 1 aliphatic rings. The Kier molecular flexibility index (Phi) is 5.23. The first-order chi connectivity index (χ1) is 15.0. The largest absolute Gasteiger partial charge is 0.497 e. The first-order valence-electron chi connectivity index (χ1n) is 9.36. The van der Waals surface area contributed by atoms with E-state index in [0.29, 0.717) is 11.3 Å². The van der Waals surface area contributed by atoms with Crippen LogP contribution >= 0.6 is 0 Å². The number of non-ortho nitro benzene ring substituents is 1. The van der Waals surface area contributed by atoms with Gasteiger partial charge in [0.2, 0.25) is 0 Å². The van der Waals surface area contributed by atoms with Crippen molar-refractivity contribution in [1.29, 1.82) is 0 Å². The van der Waals surface area contributed by atoms with Crippen molar-refractivity contribution in [2.45, 2.75) is 6.54 Å². The van der Waals surface area contributed by atoms with Gasteiger partial charge in [0.05, 0.1) is 18.6 Å². The number of methoxy groups -OCH3 is 1. The van der Waals surface area contributed by atoms with Crippen molar-refractivity contribution in [3.63, 3.8) is 0 Å². The number of imide groups is 1. The van der Waals surface area contributed by atoms with Crippen LogP contribution in [0.25, 0.3) is 11.8 Å². The smallest absolute Gasteiger partial charge is 0.329 e. The van der Waals surface area contributed by atoms with Gasteiger partial charge in [-0.2, -0.15) is 0 Å². The molecule has 4 rings (SSSR count). The SMILES string of the molecule is COc1ccc(-n2cccc2/C=C2/NC(=O)N(Cc3ccc([N+](=O)[O-])cc3)C2=O)cc1. The summed E-state index contributed by atoms with van der Waals surface area (Å²) in [6, 6.07) is 16.3. The number of carbonyl (C=O) groups is 2. The summed E-state index contributed by atoms with van der Waals surface area (Å²) < 4.78 is 7.06. The van der Waals surface area contributed by atoms with Crippen LogP contribution < -0.4 is 10.1 Å². The summed E-state index contributed by atoms with van der Waals surface area (Å²) in [7, 11) is 1.59. The second-order valence-electron chi connectivity index (χ2n) is 6.80. The Labute approximate surface area is 177 Å². The summed E-state index contributed by atoms with van der Waals surface area (Å²) >= 11 is 0. The Morgan fingerprint density at radius 3 is 2.42 bits per heavy atom. The molecule has 1 saturated heterocycles. The molecule has 3 amide bonds. The first-order valence-corrected chi connectivity index (χ1v) is 9.36. The number of carbonyl (C=O) groups excluding carboxylic acids is 2. The van der Waals surface area contributed by atoms with E-state index in [4.69, 9.17) is 4.74 Å². The third-order valence-corrected chi connectivity index (χ3v) is 4.87. The lowest BCUT2D eigenvalue weighted by atomic mass is 10.2. The van der Waals surface area contributed by atoms with Crippen LogP contribution in [-0.4, -0.2) is 33.4 Å². The summed E-state index contributed by atoms with van der Waals surface area (Å²) in [6.07, 6.45) is 3.46. The molecule has 0 unspecified atom stereocenters. The lowest BCUT2D eigenvalue weighted by Crippen LogP contribution is -2.30. The lowest BCUT2D eigenvalue weighted by molar-refractivity contribution is -0.384. The number of nitrogens with one attached hydrogen (secondary N) is 1. The van der Waals surface area contributed by atoms with Crippen molar-refractivity contribution in [1.82, 2.24) is 14.8 Å². The van der Waals surface area contributed by atoms with Crippen molar-refractivity contribution < 1.29 is 19.2 Å². The van der Waals surface area contributed by atoms with Gasteiger partial charge in [-0.3, -0.25) is 19.8 Å². The second-order valence-corrected chi connectivity index (χ2v) is 6.80. The van der Waals surface area contributed by atoms with Gasteiger partial charge in [0.15, 0.2) is 0 Å². The van der Waals surface area contributed by atoms with Crippen LogP contribution in [0.15, 0.2) is 72.6 Å². The van der Waals surface area contributed by atoms with E-state index in [1.54, 1.807) is 13.2 Å². The Balaban J connectivity index is 1.55. The zero-order chi connectivity index (χ0) is 22.0. The molecule has 1 N–H and O–H groups in total. The number of amides is 3. The fraction of sp³-hybridized carbons (Fsp3) is 0.0909. The molecular weight excluding hydrogens is 400 g/mol. The molecule has 0 atom stereocenters. The summed E-state index contributed by atoms with van der Waals surface area (Å²) in [5.41, 5.74) is 2.29. The van der Waals surface area contributed by atoms with E-state index >= 15 is 0 Å². The Morgan fingerprint density at radius 2 is 1.77 bits per heavy atom. The first kappa shape index (κ1) is 19.9. The normalized spacial score (nSPS) is 14.7. The number of benzene rings is 2. The average Bonchev–Trinajstić information content (AvgIpc) is 3.34. The summed E-state index contributed by atoms with van der Waals surface area (Å²) in [4.78, 5) is 36.5. The van der Waals surface area contributed by atoms with Crippen molar-refractivity contribution in [2.24, 2.45) is 0 Å². The molecule has 2 heterocycles. The molecule has 156 valence electrons. The monoisotopic (exact) mass is 418 g/mol. The van der Waals surface area contributed by atoms with E-state index < -0.39 is 16.9 Å². The van der Waals surface area contributed by atoms with Crippen LogP contribution in [-0.2, 0) is 11.3 Å². The van der Waals surface area contributed by atoms with Crippen LogP contribution in [0.1, 0.15) is 11.3 Å². The highest BCUT2D eigenvalue weighted by Crippen LogP contribution is 2.22. The van der Waals surface area contributed by atoms with Crippen LogP contribution in [0.4, 0.5) is 10.5 Å². The minimum Gasteiger partial charge on any atom is -0.497 e. The van der Waals surface area contributed by atoms with Gasteiger partial charge in [-0.05, 0) is 48.0 Å². The van der Waals surface area contributed by atoms with Gasteiger partial charge in [-0.25, -0.2) is 4.79 Å². The maximum atomic E-state index is 12.8. The zero-order valence-corrected chi connectivity index (χ0v) is 16.5. The molecule has 0 bridgehead atoms. The molecule has 0 aliphatic carbocycles. The maximum absolute atomic E-state index is 12.8. The second kappa shape index (κ2) is 8.15. The number of nitro benzene ring substituents is 1. The fourth-order valence-electron chi connectivity index (χ4n) is 3.26. The minimum absolute atomic E-state index is 0.0134. The van der Waals surface area contributed by atoms with E-state index in [1.165, 1.54) is 24.3 Å². The standard InChI is InChI=1S/C22H18N4O5/c1-31-19-10-8-16(9-11-19)24-12-2-3-18(24)13-20-21(27)25(22(28)23-20)14-15-4-6-17(7-5-15)26(29)30/h2-13H,14H2,1H3,(H,23,28)/b20-13+. The van der Waals surface area contributed by atoms with Gasteiger partial charge in [-0.15, -0.1) is 0 Å². The van der Waals surface area contributed by atoms with Gasteiger partial charge in [-0.1, -0.05) is 12.1 Å². The molecule has 0 radical (unpaired) electrons. The minimum atomic E-state index is -0.544. The van der Waals surface area contributed by atoms with Crippen LogP contribution in [0, 0.1) is 10.1 Å². The summed E-state index contributed by atoms with van der Waals surface area (Å²) in [6.45, 7) is 0.0134. The Bertz CT molecular complexity index is 1180. The van der Waals surface area contributed by atoms with E-state index in [0.717, 1.165) is 16.3 Å². The van der Waals surface area contributed by atoms with Crippen LogP contribution in [0.2, 0.25) is 0 Å². The predicted octanol–water partition coefficient (Wildman–Crippen LogP) is 3.49. The number of rotatable bonds is 6. The van der Waals surface area contributed by atoms with E-state index in [1.807, 2.05) is 47.2 Å². The topological polar surface area (TPSA) is 107 Å². The molecule has 3 aromatic rings. The third-order valence-electron chi connectivity index (χ3n) is 4.87. The maximum Gasteiger partial charge on any atom is 0.329 e. The molecule has 1 fully saturated rings. The molecule has 31 heavy (non-hydrogen) atoms. The number of nitrogens with zero attached hydrogens (tertiary/aromatic N) is 3. The molecule has 1 aliphatic heterocycles. The molecule has 1 aromatic heterocycles. The number of hydrogen-bond acceptors (Lipinski definition) is 5. The number of hydrogen-bond donors (Lipinski definition) is 1. The highest BCUT2D eigenvalue weighted by molar-refractivity contribution is 6.13. The highest BCUT2D eigenvalue weighted by Gasteiger charge is 2.33. The molecule has 0 spiro atoms. The van der Waals surface area contributed by atoms with Crippen molar-refractivity contribution in [3.8, 4) is 11.4 Å². The third kappa shape index (κ3) is 4.01. The van der Waals surface area contributed by atoms with Gasteiger partial charge in [0, 0.05) is 29.7 Å². The molecular formula is C22H18N4O5. The predicted molar refractivity (Wildman–Crippen MR) is 112 cm³/mol. The lowest BCUT2D eigenvalue weighted by Gasteiger charge is -2.11. The summed E-state index contributed by atoms with van der Waals surface area (Å²) in [5.74, 6) is 0.266. The fourth-order valence-corrected chi connectivity index (χ4v) is 3.26. The van der Waals surface area contributed by atoms with Gasteiger partial charge < -0.3 is 14.6 Å². The number of aromatic nitrogens is 1. The zero-order valence-electron chi connectivity index (χ0n) is 16.5. The van der Waals surface area contributed by atoms with E-state index in [9.17, 15) is 19.7 Å². The van der Waals surface area contributed by atoms with Crippen LogP contribution in [0.5, 0.6) is 5.75 Å². The molecule has 9 nitrogen and oxygen atoms in total. The molecule has 0 saturated carbocycles. The van der Waals surface area contributed by atoms with Crippen molar-refractivity contribution in [3.05, 3.63) is 93.9 Å². The van der Waals surface area contributed by atoms with Crippen LogP contribution in [0.3, 0.4) is 0 Å². The van der Waals surface area contributed by atoms with Crippen molar-refractivity contribution in [2.75, 3.05) is 7.11 Å². The number of urea groups is 1. The average molecular weight is 418 g/mol. The number of nitro groups is 1. The Morgan fingerprint density at radius 1 is 1.06 bits per heavy atom. The van der Waals surface area contributed by atoms with Crippen molar-refractivity contribution >= 4 is 23.7 Å². The number of ether oxygens (including phenoxy) is 1.